The Hall–Kier alpha value is -4.84. The third-order valence-corrected chi connectivity index (χ3v) is 10.7. The van der Waals surface area contributed by atoms with Crippen LogP contribution < -0.4 is 20.4 Å². The molecule has 3 aliphatic rings. The van der Waals surface area contributed by atoms with Crippen LogP contribution in [0.2, 0.25) is 0 Å². The van der Waals surface area contributed by atoms with Crippen LogP contribution in [-0.2, 0) is 22.6 Å². The highest BCUT2D eigenvalue weighted by molar-refractivity contribution is 5.96. The molecule has 4 aromatic rings. The maximum atomic E-state index is 13.4. The summed E-state index contributed by atoms with van der Waals surface area (Å²) in [6.07, 6.45) is -0.999. The molecule has 0 fully saturated rings. The number of aryl methyl sites for hydroxylation is 1. The Morgan fingerprint density at radius 1 is 1.11 bits per heavy atom. The van der Waals surface area contributed by atoms with Crippen molar-refractivity contribution in [2.45, 2.75) is 68.7 Å². The highest BCUT2D eigenvalue weighted by atomic mass is 17.2. The minimum atomic E-state index is -2.36. The van der Waals surface area contributed by atoms with Crippen molar-refractivity contribution in [1.29, 1.82) is 0 Å². The molecule has 0 bridgehead atoms. The number of fused-ring (bicyclic) bond motifs is 4. The zero-order valence-electron chi connectivity index (χ0n) is 30.6. The van der Waals surface area contributed by atoms with E-state index >= 15 is 0 Å². The number of anilines is 1. The van der Waals surface area contributed by atoms with Crippen molar-refractivity contribution in [2.24, 2.45) is 4.99 Å². The molecule has 0 radical (unpaired) electrons. The number of nitrogens with one attached hydrogen (secondary N) is 1. The van der Waals surface area contributed by atoms with E-state index in [0.29, 0.717) is 69.6 Å². The first-order valence-electron chi connectivity index (χ1n) is 18.0. The molecule has 15 heteroatoms. The number of phenols is 2. The van der Waals surface area contributed by atoms with Gasteiger partial charge in [0.25, 0.3) is 0 Å². The highest BCUT2D eigenvalue weighted by Gasteiger charge is 2.47. The number of rotatable bonds is 14. The number of aliphatic hydroxyl groups excluding tert-OH is 4. The summed E-state index contributed by atoms with van der Waals surface area (Å²) in [5, 5.41) is 78.7. The molecule has 0 aliphatic carbocycles. The lowest BCUT2D eigenvalue weighted by atomic mass is 9.84. The smallest absolute Gasteiger partial charge is 0.193 e. The molecule has 6 atom stereocenters. The molecule has 1 aromatic heterocycles. The van der Waals surface area contributed by atoms with Gasteiger partial charge in [0.05, 0.1) is 24.2 Å². The van der Waals surface area contributed by atoms with Crippen LogP contribution in [0.25, 0.3) is 21.7 Å². The third kappa shape index (κ3) is 7.21. The van der Waals surface area contributed by atoms with E-state index in [2.05, 4.69) is 10.3 Å². The van der Waals surface area contributed by atoms with Crippen LogP contribution in [0.4, 0.5) is 5.69 Å². The monoisotopic (exact) mass is 759 g/mol. The van der Waals surface area contributed by atoms with Crippen LogP contribution in [0.1, 0.15) is 30.2 Å². The maximum Gasteiger partial charge on any atom is 0.193 e. The van der Waals surface area contributed by atoms with E-state index < -0.39 is 55.3 Å². The van der Waals surface area contributed by atoms with Gasteiger partial charge in [-0.05, 0) is 74.8 Å². The van der Waals surface area contributed by atoms with E-state index in [1.54, 1.807) is 26.3 Å². The fourth-order valence-electron chi connectivity index (χ4n) is 7.50. The number of aliphatic hydroxyl groups is 5. The highest BCUT2D eigenvalue weighted by Crippen LogP contribution is 2.48. The molecule has 3 aliphatic heterocycles. The first-order valence-corrected chi connectivity index (χ1v) is 18.0. The minimum Gasteiger partial charge on any atom is -0.508 e. The maximum absolute atomic E-state index is 13.4. The van der Waals surface area contributed by atoms with Crippen molar-refractivity contribution >= 4 is 33.6 Å². The fourth-order valence-corrected chi connectivity index (χ4v) is 7.50. The normalized spacial score (nSPS) is 21.8. The van der Waals surface area contributed by atoms with Gasteiger partial charge in [0.15, 0.2) is 16.8 Å². The van der Waals surface area contributed by atoms with E-state index in [-0.39, 0.29) is 23.3 Å². The van der Waals surface area contributed by atoms with Crippen molar-refractivity contribution in [2.75, 3.05) is 38.3 Å². The van der Waals surface area contributed by atoms with Crippen LogP contribution in [0.5, 0.6) is 17.2 Å². The lowest BCUT2D eigenvalue weighted by Crippen LogP contribution is -2.58. The molecule has 3 aromatic carbocycles. The largest absolute Gasteiger partial charge is 0.508 e. The Bertz CT molecular complexity index is 2270. The lowest BCUT2D eigenvalue weighted by molar-refractivity contribution is -0.370. The average molecular weight is 760 g/mol. The van der Waals surface area contributed by atoms with Crippen LogP contribution in [0.3, 0.4) is 0 Å². The molecule has 292 valence electrons. The summed E-state index contributed by atoms with van der Waals surface area (Å²) in [5.74, 6) is 0.734. The van der Waals surface area contributed by atoms with Crippen LogP contribution in [-0.4, -0.2) is 111 Å². The second-order valence-corrected chi connectivity index (χ2v) is 14.7. The summed E-state index contributed by atoms with van der Waals surface area (Å²) < 4.78 is 13.1. The topological polar surface area (TPSA) is 227 Å². The van der Waals surface area contributed by atoms with Gasteiger partial charge in [-0.3, -0.25) is 9.79 Å². The van der Waals surface area contributed by atoms with Crippen LogP contribution in [0.15, 0.2) is 80.2 Å². The average Bonchev–Trinajstić information content (AvgIpc) is 3.77. The van der Waals surface area contributed by atoms with E-state index in [1.165, 1.54) is 36.4 Å². The second kappa shape index (κ2) is 15.0. The van der Waals surface area contributed by atoms with Gasteiger partial charge in [-0.1, -0.05) is 6.07 Å². The van der Waals surface area contributed by atoms with Gasteiger partial charge in [0.2, 0.25) is 0 Å². The van der Waals surface area contributed by atoms with Crippen molar-refractivity contribution in [3.8, 4) is 17.2 Å². The van der Waals surface area contributed by atoms with Crippen molar-refractivity contribution in [3.63, 3.8) is 0 Å². The first kappa shape index (κ1) is 38.4. The number of benzene rings is 3. The zero-order chi connectivity index (χ0) is 39.2. The van der Waals surface area contributed by atoms with Gasteiger partial charge in [0.1, 0.15) is 65.2 Å². The molecule has 4 heterocycles. The zero-order valence-corrected chi connectivity index (χ0v) is 30.6. The summed E-state index contributed by atoms with van der Waals surface area (Å²) in [7, 11) is 1.80. The van der Waals surface area contributed by atoms with Gasteiger partial charge < -0.3 is 55.1 Å². The summed E-state index contributed by atoms with van der Waals surface area (Å²) >= 11 is 0. The summed E-state index contributed by atoms with van der Waals surface area (Å²) in [5.41, 5.74) is 0.0624. The summed E-state index contributed by atoms with van der Waals surface area (Å²) in [4.78, 5) is 31.6. The quantitative estimate of drug-likeness (QED) is 0.0680. The molecule has 15 nitrogen and oxygen atoms in total. The Balaban J connectivity index is 1.23. The molecule has 55 heavy (non-hydrogen) atoms. The number of phenolic OH excluding ortho intramolecular Hbond substituents is 2. The lowest BCUT2D eigenvalue weighted by Gasteiger charge is -2.43. The molecule has 0 saturated heterocycles. The van der Waals surface area contributed by atoms with Crippen LogP contribution >= 0.6 is 0 Å². The fraction of sp³-hybridized carbons (Fsp3) is 0.400. The van der Waals surface area contributed by atoms with Crippen molar-refractivity contribution in [1.82, 2.24) is 5.32 Å². The number of ether oxygens (including phenoxy) is 1. The predicted octanol–water partition coefficient (Wildman–Crippen LogP) is 2.01. The predicted molar refractivity (Wildman–Crippen MR) is 202 cm³/mol. The molecule has 0 spiro atoms. The summed E-state index contributed by atoms with van der Waals surface area (Å²) in [6.45, 7) is 2.89. The van der Waals surface area contributed by atoms with Crippen molar-refractivity contribution < 1.29 is 54.7 Å². The number of aliphatic imine (C=N–C) groups is 1. The molecule has 7 rings (SSSR count). The Kier molecular flexibility index (Phi) is 10.5. The van der Waals surface area contributed by atoms with Gasteiger partial charge in [0, 0.05) is 54.3 Å². The Morgan fingerprint density at radius 2 is 1.91 bits per heavy atom. The molecular weight excluding hydrogens is 714 g/mol. The number of hydrogen-bond donors (Lipinski definition) is 8. The van der Waals surface area contributed by atoms with Gasteiger partial charge in [-0.2, -0.15) is 0 Å². The van der Waals surface area contributed by atoms with E-state index in [9.17, 15) is 40.5 Å². The minimum absolute atomic E-state index is 0.0877. The van der Waals surface area contributed by atoms with Gasteiger partial charge >= 0.3 is 0 Å². The van der Waals surface area contributed by atoms with Gasteiger partial charge in [-0.25, -0.2) is 9.78 Å². The molecule has 0 amide bonds. The number of hydrogen-bond acceptors (Lipinski definition) is 15. The SMILES string of the molecule is CNCCC1(C)Oc2c(cc3c(=O)cc(C)oc3c2N2C=C3N=CC=C3C2)CC1OOCC(O)(Cc1ccc(O)c2ccc(O)cc12)C(O)C(O)C(O)CO. The Labute approximate surface area is 315 Å². The van der Waals surface area contributed by atoms with Crippen LogP contribution in [0, 0.1) is 6.92 Å². The number of aromatic hydroxyl groups is 2. The number of allylic oxidation sites excluding steroid dienone is 1. The Morgan fingerprint density at radius 3 is 2.65 bits per heavy atom. The molecule has 6 unspecified atom stereocenters. The molecule has 8 N–H and O–H groups in total. The summed E-state index contributed by atoms with van der Waals surface area (Å²) in [6, 6.07) is 10.3. The standard InChI is InChI=1S/C40H45N3O12/c1-21-12-31(47)28-13-24-14-33(39(2,9-11-41-3)54-36(24)34(37(28)53-21)43-17-23-8-10-42-29(23)18-43)55-52-20-40(51,38(50)35(49)32(48)19-44)16-22-4-7-30(46)26-6-5-25(45)15-27(22)26/h4-8,10,12-13,15,18,32-33,35,38,41,44-46,48-51H,9,11,14,16-17,19-20H2,1-3H3. The van der Waals surface area contributed by atoms with Crippen molar-refractivity contribution in [3.05, 3.63) is 93.1 Å². The number of nitrogens with zero attached hydrogens (tertiary/aromatic N) is 2. The molecular formula is C40H45N3O12. The first-order chi connectivity index (χ1) is 26.2. The van der Waals surface area contributed by atoms with E-state index in [0.717, 1.165) is 11.3 Å². The van der Waals surface area contributed by atoms with E-state index in [4.69, 9.17) is 18.9 Å². The van der Waals surface area contributed by atoms with Gasteiger partial charge in [-0.15, -0.1) is 0 Å². The second-order valence-electron chi connectivity index (χ2n) is 14.7. The molecule has 0 saturated carbocycles. The van der Waals surface area contributed by atoms with E-state index in [1.807, 2.05) is 24.1 Å². The third-order valence-electron chi connectivity index (χ3n) is 10.7.